The van der Waals surface area contributed by atoms with E-state index in [4.69, 9.17) is 10.5 Å². The van der Waals surface area contributed by atoms with Gasteiger partial charge in [-0.15, -0.1) is 5.10 Å². The van der Waals surface area contributed by atoms with Crippen LogP contribution in [0.5, 0.6) is 5.88 Å². The van der Waals surface area contributed by atoms with Crippen molar-refractivity contribution in [1.29, 1.82) is 0 Å². The van der Waals surface area contributed by atoms with E-state index in [1.54, 1.807) is 10.6 Å². The third-order valence-corrected chi connectivity index (χ3v) is 4.56. The highest BCUT2D eigenvalue weighted by atomic mass is 16.5. The van der Waals surface area contributed by atoms with Gasteiger partial charge in [0.25, 0.3) is 5.88 Å². The Labute approximate surface area is 151 Å². The predicted octanol–water partition coefficient (Wildman–Crippen LogP) is 1.86. The number of nitrogens with zero attached hydrogens (tertiary/aromatic N) is 4. The van der Waals surface area contributed by atoms with Crippen LogP contribution in [0.25, 0.3) is 5.52 Å². The van der Waals surface area contributed by atoms with Crippen molar-refractivity contribution < 1.29 is 9.53 Å². The Morgan fingerprint density at radius 2 is 2.08 bits per heavy atom. The first kappa shape index (κ1) is 16.5. The summed E-state index contributed by atoms with van der Waals surface area (Å²) in [4.78, 5) is 18.4. The zero-order valence-corrected chi connectivity index (χ0v) is 14.5. The van der Waals surface area contributed by atoms with Gasteiger partial charge in [-0.1, -0.05) is 6.07 Å². The standard InChI is InChI=1S/C19H21N5O2/c20-15-13-14(25)6-7-16(15)21-18-17-5-1-2-10-24(17)22-19(18)26-12-11-23-8-3-4-9-23/h1-2,5-7,10,13H,3-4,8-9,11-12,20H2. The molecule has 1 fully saturated rings. The number of rotatable bonds is 5. The van der Waals surface area contributed by atoms with Gasteiger partial charge in [-0.05, 0) is 50.2 Å². The minimum atomic E-state index is -0.136. The van der Waals surface area contributed by atoms with Crippen molar-refractivity contribution in [2.24, 2.45) is 10.7 Å². The van der Waals surface area contributed by atoms with Crippen molar-refractivity contribution in [1.82, 2.24) is 14.5 Å². The number of ether oxygens (including phenoxy) is 1. The second-order valence-electron chi connectivity index (χ2n) is 6.41. The highest BCUT2D eigenvalue weighted by Crippen LogP contribution is 2.32. The third-order valence-electron chi connectivity index (χ3n) is 4.56. The van der Waals surface area contributed by atoms with Crippen LogP contribution < -0.4 is 10.5 Å². The molecule has 2 aromatic heterocycles. The van der Waals surface area contributed by atoms with E-state index in [0.717, 1.165) is 25.2 Å². The molecule has 4 rings (SSSR count). The minimum Gasteiger partial charge on any atom is -0.474 e. The topological polar surface area (TPSA) is 85.2 Å². The Kier molecular flexibility index (Phi) is 4.53. The number of pyridine rings is 1. The summed E-state index contributed by atoms with van der Waals surface area (Å²) in [5, 5.41) is 4.50. The molecule has 7 nitrogen and oxygen atoms in total. The van der Waals surface area contributed by atoms with E-state index in [-0.39, 0.29) is 5.78 Å². The van der Waals surface area contributed by atoms with Gasteiger partial charge in [0.05, 0.1) is 16.9 Å². The molecule has 0 amide bonds. The summed E-state index contributed by atoms with van der Waals surface area (Å²) in [6.45, 7) is 3.69. The fourth-order valence-corrected chi connectivity index (χ4v) is 3.20. The van der Waals surface area contributed by atoms with Gasteiger partial charge in [0.2, 0.25) is 0 Å². The average Bonchev–Trinajstić information content (AvgIpc) is 3.26. The lowest BCUT2D eigenvalue weighted by Crippen LogP contribution is -2.25. The molecular weight excluding hydrogens is 330 g/mol. The smallest absolute Gasteiger partial charge is 0.260 e. The van der Waals surface area contributed by atoms with Crippen molar-refractivity contribution in [2.75, 3.05) is 26.2 Å². The molecule has 0 saturated carbocycles. The number of hydrogen-bond donors (Lipinski definition) is 1. The van der Waals surface area contributed by atoms with Crippen LogP contribution in [0.3, 0.4) is 0 Å². The van der Waals surface area contributed by atoms with Gasteiger partial charge in [0.1, 0.15) is 6.61 Å². The molecule has 0 unspecified atom stereocenters. The molecule has 1 aliphatic carbocycles. The number of likely N-dealkylation sites (tertiary alicyclic amines) is 1. The summed E-state index contributed by atoms with van der Waals surface area (Å²) < 4.78 is 7.69. The maximum Gasteiger partial charge on any atom is 0.260 e. The molecule has 26 heavy (non-hydrogen) atoms. The maximum absolute atomic E-state index is 11.4. The van der Waals surface area contributed by atoms with Crippen LogP contribution in [0.4, 0.5) is 5.69 Å². The second kappa shape index (κ2) is 7.13. The highest BCUT2D eigenvalue weighted by Gasteiger charge is 2.17. The number of carbonyl (C=O) groups is 1. The highest BCUT2D eigenvalue weighted by molar-refractivity contribution is 6.20. The molecule has 2 aromatic rings. The lowest BCUT2D eigenvalue weighted by Gasteiger charge is -2.14. The van der Waals surface area contributed by atoms with Crippen molar-refractivity contribution in [3.05, 3.63) is 48.3 Å². The molecule has 134 valence electrons. The molecule has 2 N–H and O–H groups in total. The number of carbonyl (C=O) groups excluding carboxylic acids is 1. The second-order valence-corrected chi connectivity index (χ2v) is 6.41. The molecule has 0 radical (unpaired) electrons. The fraction of sp³-hybridized carbons (Fsp3) is 0.316. The number of nitrogens with two attached hydrogens (primary N) is 1. The Morgan fingerprint density at radius 1 is 1.23 bits per heavy atom. The summed E-state index contributed by atoms with van der Waals surface area (Å²) >= 11 is 0. The van der Waals surface area contributed by atoms with Gasteiger partial charge >= 0.3 is 0 Å². The molecule has 0 atom stereocenters. The lowest BCUT2D eigenvalue weighted by atomic mass is 10.1. The molecule has 0 spiro atoms. The first-order valence-corrected chi connectivity index (χ1v) is 8.81. The summed E-state index contributed by atoms with van der Waals surface area (Å²) in [5.74, 6) is 0.337. The maximum atomic E-state index is 11.4. The molecule has 1 aliphatic heterocycles. The SMILES string of the molecule is NC1=CC(=O)C=CC1=Nc1c(OCCN2CCCC2)nn2ccccc12. The van der Waals surface area contributed by atoms with Gasteiger partial charge in [-0.25, -0.2) is 9.51 Å². The van der Waals surface area contributed by atoms with Gasteiger partial charge in [0.15, 0.2) is 11.5 Å². The lowest BCUT2D eigenvalue weighted by molar-refractivity contribution is -0.110. The van der Waals surface area contributed by atoms with E-state index >= 15 is 0 Å². The zero-order chi connectivity index (χ0) is 17.9. The largest absolute Gasteiger partial charge is 0.474 e. The van der Waals surface area contributed by atoms with Gasteiger partial charge in [0, 0.05) is 18.8 Å². The van der Waals surface area contributed by atoms with Crippen LogP contribution in [0.15, 0.2) is 53.3 Å². The van der Waals surface area contributed by atoms with E-state index in [2.05, 4.69) is 15.0 Å². The van der Waals surface area contributed by atoms with E-state index in [1.165, 1.54) is 25.0 Å². The van der Waals surface area contributed by atoms with Crippen LogP contribution >= 0.6 is 0 Å². The van der Waals surface area contributed by atoms with Crippen molar-refractivity contribution in [3.63, 3.8) is 0 Å². The summed E-state index contributed by atoms with van der Waals surface area (Å²) in [7, 11) is 0. The number of aliphatic imine (C=N–C) groups is 1. The Hall–Kier alpha value is -2.93. The molecule has 0 aromatic carbocycles. The predicted molar refractivity (Wildman–Crippen MR) is 99.9 cm³/mol. The Bertz CT molecular complexity index is 919. The molecule has 2 aliphatic rings. The molecule has 3 heterocycles. The van der Waals surface area contributed by atoms with Crippen molar-refractivity contribution >= 4 is 22.7 Å². The van der Waals surface area contributed by atoms with Crippen LogP contribution in [-0.2, 0) is 4.79 Å². The number of allylic oxidation sites excluding steroid dienone is 3. The summed E-state index contributed by atoms with van der Waals surface area (Å²) in [6.07, 6.45) is 8.81. The summed E-state index contributed by atoms with van der Waals surface area (Å²) in [6, 6.07) is 5.75. The van der Waals surface area contributed by atoms with E-state index < -0.39 is 0 Å². The molecule has 7 heteroatoms. The van der Waals surface area contributed by atoms with E-state index in [0.29, 0.717) is 29.6 Å². The van der Waals surface area contributed by atoms with E-state index in [1.807, 2.05) is 24.4 Å². The van der Waals surface area contributed by atoms with Gasteiger partial charge in [-0.2, -0.15) is 0 Å². The van der Waals surface area contributed by atoms with Crippen molar-refractivity contribution in [3.8, 4) is 5.88 Å². The number of hydrogen-bond acceptors (Lipinski definition) is 6. The Balaban J connectivity index is 1.62. The van der Waals surface area contributed by atoms with Crippen LogP contribution in [0.2, 0.25) is 0 Å². The minimum absolute atomic E-state index is 0.136. The first-order chi connectivity index (χ1) is 12.7. The van der Waals surface area contributed by atoms with Gasteiger partial charge < -0.3 is 10.5 Å². The van der Waals surface area contributed by atoms with Crippen LogP contribution in [0, 0.1) is 0 Å². The van der Waals surface area contributed by atoms with E-state index in [9.17, 15) is 4.79 Å². The number of fused-ring (bicyclic) bond motifs is 1. The first-order valence-electron chi connectivity index (χ1n) is 8.81. The Morgan fingerprint density at radius 3 is 2.88 bits per heavy atom. The molecule has 1 saturated heterocycles. The summed E-state index contributed by atoms with van der Waals surface area (Å²) in [5.41, 5.74) is 8.28. The zero-order valence-electron chi connectivity index (χ0n) is 14.5. The number of ketones is 1. The quantitative estimate of drug-likeness (QED) is 0.831. The van der Waals surface area contributed by atoms with Crippen LogP contribution in [-0.4, -0.2) is 52.3 Å². The average molecular weight is 351 g/mol. The fourth-order valence-electron chi connectivity index (χ4n) is 3.20. The molecule has 0 bridgehead atoms. The van der Waals surface area contributed by atoms with Gasteiger partial charge in [-0.3, -0.25) is 9.69 Å². The molecular formula is C19H21N5O2. The third kappa shape index (κ3) is 3.39. The van der Waals surface area contributed by atoms with Crippen LogP contribution in [0.1, 0.15) is 12.8 Å². The normalized spacial score (nSPS) is 19.5. The van der Waals surface area contributed by atoms with Crippen molar-refractivity contribution in [2.45, 2.75) is 12.8 Å². The number of aromatic nitrogens is 2. The monoisotopic (exact) mass is 351 g/mol.